The van der Waals surface area contributed by atoms with Gasteiger partial charge in [-0.15, -0.1) is 12.4 Å². The maximum absolute atomic E-state index is 11.4. The number of amides is 2. The summed E-state index contributed by atoms with van der Waals surface area (Å²) in [6.45, 7) is 3.57. The highest BCUT2D eigenvalue weighted by Crippen LogP contribution is 1.88. The minimum atomic E-state index is -0.582. The molecule has 0 spiro atoms. The monoisotopic (exact) mass is 370 g/mol. The molecule has 0 unspecified atom stereocenters. The van der Waals surface area contributed by atoms with Crippen LogP contribution in [0.1, 0.15) is 13.8 Å². The first-order valence-corrected chi connectivity index (χ1v) is 6.17. The molecule has 23 heavy (non-hydrogen) atoms. The van der Waals surface area contributed by atoms with E-state index in [1.807, 2.05) is 0 Å². The third-order valence-corrected chi connectivity index (χ3v) is 2.31. The molecule has 0 fully saturated rings. The summed E-state index contributed by atoms with van der Waals surface area (Å²) in [5.74, 6) is -0.718. The summed E-state index contributed by atoms with van der Waals surface area (Å²) < 4.78 is 0.802. The zero-order chi connectivity index (χ0) is 16.2. The highest BCUT2D eigenvalue weighted by atomic mass is 35.5. The molecule has 2 amide bonds. The van der Waals surface area contributed by atoms with E-state index in [4.69, 9.17) is 28.7 Å². The second-order valence-electron chi connectivity index (χ2n) is 4.32. The fraction of sp³-hybridized carbons (Fsp3) is 0.300. The smallest absolute Gasteiger partial charge is 0.334 e. The van der Waals surface area contributed by atoms with Gasteiger partial charge in [-0.1, -0.05) is 0 Å². The van der Waals surface area contributed by atoms with E-state index in [1.54, 1.807) is 13.8 Å². The average Bonchev–Trinajstić information content (AvgIpc) is 2.30. The number of hydrogen-bond acceptors (Lipinski definition) is 7. The first-order valence-electron chi connectivity index (χ1n) is 5.84. The Morgan fingerprint density at radius 2 is 2.13 bits per heavy atom. The molecular weight excluding hydrogens is 351 g/mol. The first kappa shape index (κ1) is 22.9. The molecule has 0 aliphatic carbocycles. The Bertz CT molecular complexity index is 701. The van der Waals surface area contributed by atoms with Gasteiger partial charge in [0.1, 0.15) is 10.7 Å². The van der Waals surface area contributed by atoms with Gasteiger partial charge < -0.3 is 32.4 Å². The van der Waals surface area contributed by atoms with E-state index in [1.165, 1.54) is 6.20 Å². The minimum Gasteiger partial charge on any atom is -0.493 e. The van der Waals surface area contributed by atoms with Crippen molar-refractivity contribution < 1.29 is 15.4 Å². The summed E-state index contributed by atoms with van der Waals surface area (Å²) in [7, 11) is 0. The second-order valence-corrected chi connectivity index (χ2v) is 4.69. The van der Waals surface area contributed by atoms with Crippen LogP contribution in [0, 0.1) is 5.41 Å². The quantitative estimate of drug-likeness (QED) is 0.225. The molecule has 13 heteroatoms. The summed E-state index contributed by atoms with van der Waals surface area (Å²) >= 11 is 5.78. The molecule has 0 aliphatic heterocycles. The largest absolute Gasteiger partial charge is 0.493 e. The third kappa shape index (κ3) is 6.95. The Morgan fingerprint density at radius 3 is 2.61 bits per heavy atom. The SMILES string of the molecule is CC(C)NC(=O)NN(Cl)C=c1[nH]c(=C(N)O)c(N)nc1=N.Cl.O. The van der Waals surface area contributed by atoms with Crippen LogP contribution in [-0.4, -0.2) is 37.2 Å². The maximum Gasteiger partial charge on any atom is 0.334 e. The molecule has 0 aliphatic rings. The van der Waals surface area contributed by atoms with Crippen molar-refractivity contribution >= 4 is 48.1 Å². The number of hydrazine groups is 1. The van der Waals surface area contributed by atoms with Crippen LogP contribution in [0.5, 0.6) is 0 Å². The molecule has 1 heterocycles. The van der Waals surface area contributed by atoms with E-state index >= 15 is 0 Å². The van der Waals surface area contributed by atoms with E-state index < -0.39 is 11.9 Å². The Balaban J connectivity index is 0. The second kappa shape index (κ2) is 9.61. The number of rotatable bonds is 3. The van der Waals surface area contributed by atoms with Gasteiger partial charge in [0, 0.05) is 17.8 Å². The molecule has 0 aromatic carbocycles. The van der Waals surface area contributed by atoms with E-state index in [-0.39, 0.29) is 45.9 Å². The fourth-order valence-electron chi connectivity index (χ4n) is 1.32. The molecular formula is C10H20Cl2N8O3. The van der Waals surface area contributed by atoms with Gasteiger partial charge in [0.25, 0.3) is 0 Å². The summed E-state index contributed by atoms with van der Waals surface area (Å²) in [6, 6.07) is -0.596. The molecule has 0 saturated heterocycles. The van der Waals surface area contributed by atoms with Crippen LogP contribution in [0.2, 0.25) is 0 Å². The van der Waals surface area contributed by atoms with Crippen LogP contribution in [0.25, 0.3) is 12.1 Å². The molecule has 11 nitrogen and oxygen atoms in total. The van der Waals surface area contributed by atoms with Crippen molar-refractivity contribution in [3.63, 3.8) is 0 Å². The highest BCUT2D eigenvalue weighted by molar-refractivity contribution is 6.15. The number of nitrogens with zero attached hydrogens (tertiary/aromatic N) is 2. The lowest BCUT2D eigenvalue weighted by Gasteiger charge is -2.14. The number of carbonyl (C=O) groups is 1. The van der Waals surface area contributed by atoms with Gasteiger partial charge in [0.05, 0.1) is 6.20 Å². The van der Waals surface area contributed by atoms with Crippen molar-refractivity contribution in [1.82, 2.24) is 25.2 Å². The molecule has 132 valence electrons. The predicted octanol–water partition coefficient (Wildman–Crippen LogP) is -2.53. The number of aromatic nitrogens is 2. The zero-order valence-electron chi connectivity index (χ0n) is 12.3. The van der Waals surface area contributed by atoms with Gasteiger partial charge in [-0.05, 0) is 13.8 Å². The van der Waals surface area contributed by atoms with Crippen LogP contribution in [0.15, 0.2) is 0 Å². The van der Waals surface area contributed by atoms with E-state index in [0.29, 0.717) is 0 Å². The molecule has 0 atom stereocenters. The van der Waals surface area contributed by atoms with Gasteiger partial charge in [-0.2, -0.15) is 4.53 Å². The Morgan fingerprint density at radius 1 is 1.57 bits per heavy atom. The maximum atomic E-state index is 11.4. The summed E-state index contributed by atoms with van der Waals surface area (Å²) in [5, 5.41) is 19.5. The van der Waals surface area contributed by atoms with Gasteiger partial charge in [-0.25, -0.2) is 15.2 Å². The molecule has 1 rings (SSSR count). The lowest BCUT2D eigenvalue weighted by molar-refractivity contribution is 0.229. The number of nitrogens with two attached hydrogens (primary N) is 2. The standard InChI is InChI=1S/C10H17ClN8O2.ClH.H2O/c1-4(2)15-10(21)18-19(11)3-5-7(12)17-8(13)6(16-5)9(14)20;;/h3-4,16,20H,14H2,1-2H3,(H3,12,13,17)(H2,15,18,21);1H;1H2. The van der Waals surface area contributed by atoms with Crippen molar-refractivity contribution in [2.45, 2.75) is 19.9 Å². The van der Waals surface area contributed by atoms with Gasteiger partial charge in [-0.3, -0.25) is 5.41 Å². The topological polar surface area (TPSA) is 201 Å². The van der Waals surface area contributed by atoms with Crippen LogP contribution in [-0.2, 0) is 0 Å². The van der Waals surface area contributed by atoms with Crippen LogP contribution >= 0.6 is 24.2 Å². The van der Waals surface area contributed by atoms with E-state index in [9.17, 15) is 9.90 Å². The number of urea groups is 1. The van der Waals surface area contributed by atoms with E-state index in [0.717, 1.165) is 4.53 Å². The normalized spacial score (nSPS) is 11.9. The average molecular weight is 371 g/mol. The minimum absolute atomic E-state index is 0. The predicted molar refractivity (Wildman–Crippen MR) is 88.2 cm³/mol. The zero-order valence-corrected chi connectivity index (χ0v) is 13.9. The number of halogens is 2. The van der Waals surface area contributed by atoms with Crippen molar-refractivity contribution in [2.75, 3.05) is 5.73 Å². The molecule has 1 aromatic heterocycles. The number of nitrogen functional groups attached to an aromatic ring is 1. The van der Waals surface area contributed by atoms with Crippen LogP contribution in [0.4, 0.5) is 10.6 Å². The molecule has 0 saturated carbocycles. The molecule has 1 aromatic rings. The highest BCUT2D eigenvalue weighted by Gasteiger charge is 2.05. The summed E-state index contributed by atoms with van der Waals surface area (Å²) in [6.07, 6.45) is 1.17. The molecule has 11 N–H and O–H groups in total. The Labute approximate surface area is 142 Å². The lowest BCUT2D eigenvalue weighted by atomic mass is 10.4. The van der Waals surface area contributed by atoms with Gasteiger partial charge >= 0.3 is 6.03 Å². The number of hydrogen-bond donors (Lipinski definition) is 7. The number of anilines is 1. The first-order chi connectivity index (χ1) is 9.70. The van der Waals surface area contributed by atoms with Crippen LogP contribution < -0.4 is 38.4 Å². The number of H-pyrrole nitrogens is 1. The number of aromatic amines is 1. The van der Waals surface area contributed by atoms with Crippen LogP contribution in [0.3, 0.4) is 0 Å². The van der Waals surface area contributed by atoms with E-state index in [2.05, 4.69) is 20.7 Å². The Hall–Kier alpha value is -2.37. The number of carbonyl (C=O) groups excluding carboxylic acids is 1. The molecule has 0 bridgehead atoms. The van der Waals surface area contributed by atoms with Gasteiger partial charge in [0.15, 0.2) is 11.3 Å². The van der Waals surface area contributed by atoms with Crippen molar-refractivity contribution in [2.24, 2.45) is 5.73 Å². The Kier molecular flexibility index (Phi) is 9.57. The summed E-state index contributed by atoms with van der Waals surface area (Å²) in [4.78, 5) is 17.7. The van der Waals surface area contributed by atoms with Crippen molar-refractivity contribution in [1.29, 1.82) is 5.41 Å². The van der Waals surface area contributed by atoms with Crippen molar-refractivity contribution in [3.05, 3.63) is 16.2 Å². The summed E-state index contributed by atoms with van der Waals surface area (Å²) in [5.41, 5.74) is 12.8. The van der Waals surface area contributed by atoms with Crippen molar-refractivity contribution in [3.8, 4) is 0 Å². The fourth-order valence-corrected chi connectivity index (χ4v) is 1.49. The number of aliphatic hydroxyl groups excluding tert-OH is 1. The van der Waals surface area contributed by atoms with Gasteiger partial charge in [0.2, 0.25) is 5.88 Å². The third-order valence-electron chi connectivity index (χ3n) is 2.13. The number of aliphatic hydroxyl groups is 1. The number of nitrogens with one attached hydrogen (secondary N) is 4. The lowest BCUT2D eigenvalue weighted by Crippen LogP contribution is -2.46. The molecule has 0 radical (unpaired) electrons.